The van der Waals surface area contributed by atoms with Gasteiger partial charge in [-0.15, -0.1) is 0 Å². The molecule has 1 saturated heterocycles. The average molecular weight is 325 g/mol. The first-order valence-electron chi connectivity index (χ1n) is 9.05. The monoisotopic (exact) mass is 325 g/mol. The molecule has 0 bridgehead atoms. The molecule has 1 amide bonds. The second kappa shape index (κ2) is 7.20. The number of carbonyl (C=O) groups is 1. The van der Waals surface area contributed by atoms with E-state index in [-0.39, 0.29) is 18.0 Å². The summed E-state index contributed by atoms with van der Waals surface area (Å²) < 4.78 is 0. The summed E-state index contributed by atoms with van der Waals surface area (Å²) in [4.78, 5) is 21.9. The third-order valence-electron chi connectivity index (χ3n) is 4.95. The van der Waals surface area contributed by atoms with Crippen molar-refractivity contribution in [3.63, 3.8) is 0 Å². The summed E-state index contributed by atoms with van der Waals surface area (Å²) in [6.45, 7) is 4.37. The van der Waals surface area contributed by atoms with Crippen LogP contribution in [0.4, 0.5) is 0 Å². The van der Waals surface area contributed by atoms with Gasteiger partial charge >= 0.3 is 0 Å². The predicted molar refractivity (Wildman–Crippen MR) is 97.5 cm³/mol. The van der Waals surface area contributed by atoms with Gasteiger partial charge < -0.3 is 4.90 Å². The van der Waals surface area contributed by atoms with Gasteiger partial charge in [0, 0.05) is 12.7 Å². The molecule has 0 N–H and O–H groups in total. The van der Waals surface area contributed by atoms with Crippen molar-refractivity contribution >= 4 is 11.9 Å². The van der Waals surface area contributed by atoms with Crippen molar-refractivity contribution < 1.29 is 4.79 Å². The molecule has 0 unspecified atom stereocenters. The normalized spacial score (nSPS) is 25.2. The summed E-state index contributed by atoms with van der Waals surface area (Å²) in [7, 11) is 2.06. The van der Waals surface area contributed by atoms with Crippen LogP contribution in [0.2, 0.25) is 0 Å². The molecular formula is C20H27N3O. The molecule has 0 aliphatic carbocycles. The van der Waals surface area contributed by atoms with Crippen molar-refractivity contribution in [3.05, 3.63) is 47.7 Å². The fraction of sp³-hybridized carbons (Fsp3) is 0.500. The Hall–Kier alpha value is -2.10. The van der Waals surface area contributed by atoms with E-state index >= 15 is 0 Å². The molecule has 1 aromatic carbocycles. The van der Waals surface area contributed by atoms with Crippen molar-refractivity contribution in [2.24, 2.45) is 4.99 Å². The van der Waals surface area contributed by atoms with E-state index in [9.17, 15) is 4.79 Å². The number of hydrogen-bond acceptors (Lipinski definition) is 3. The Morgan fingerprint density at radius 1 is 1.25 bits per heavy atom. The minimum absolute atomic E-state index is 0.0695. The Morgan fingerprint density at radius 2 is 2.00 bits per heavy atom. The van der Waals surface area contributed by atoms with Gasteiger partial charge in [0.05, 0.1) is 18.5 Å². The van der Waals surface area contributed by atoms with Crippen molar-refractivity contribution in [2.75, 3.05) is 7.05 Å². The maximum absolute atomic E-state index is 12.9. The van der Waals surface area contributed by atoms with Crippen molar-refractivity contribution in [1.82, 2.24) is 9.80 Å². The van der Waals surface area contributed by atoms with Gasteiger partial charge in [-0.1, -0.05) is 63.1 Å². The molecule has 1 aromatic rings. The third-order valence-corrected chi connectivity index (χ3v) is 4.95. The first kappa shape index (κ1) is 16.7. The lowest BCUT2D eigenvalue weighted by Crippen LogP contribution is -2.40. The molecule has 2 aliphatic heterocycles. The number of guanidine groups is 1. The van der Waals surface area contributed by atoms with Crippen LogP contribution in [-0.2, 0) is 4.79 Å². The Bertz CT molecular complexity index is 650. The number of aliphatic imine (C=N–C) groups is 1. The highest BCUT2D eigenvalue weighted by atomic mass is 16.2. The Kier molecular flexibility index (Phi) is 5.03. The molecule has 3 rings (SSSR count). The molecule has 2 aliphatic rings. The molecule has 4 nitrogen and oxygen atoms in total. The number of unbranched alkanes of at least 4 members (excludes halogenated alkanes) is 2. The van der Waals surface area contributed by atoms with Crippen LogP contribution in [0.25, 0.3) is 0 Å². The summed E-state index contributed by atoms with van der Waals surface area (Å²) >= 11 is 0. The van der Waals surface area contributed by atoms with Gasteiger partial charge in [-0.25, -0.2) is 4.99 Å². The number of rotatable bonds is 5. The van der Waals surface area contributed by atoms with Crippen LogP contribution in [0.1, 0.15) is 57.6 Å². The Balaban J connectivity index is 1.95. The second-order valence-corrected chi connectivity index (χ2v) is 6.60. The summed E-state index contributed by atoms with van der Waals surface area (Å²) in [5.74, 6) is 0.981. The second-order valence-electron chi connectivity index (χ2n) is 6.60. The van der Waals surface area contributed by atoms with Crippen LogP contribution < -0.4 is 0 Å². The number of benzene rings is 1. The van der Waals surface area contributed by atoms with Gasteiger partial charge in [-0.3, -0.25) is 9.69 Å². The van der Waals surface area contributed by atoms with Crippen LogP contribution in [0.15, 0.2) is 47.1 Å². The largest absolute Gasteiger partial charge is 0.337 e. The Labute approximate surface area is 144 Å². The lowest BCUT2D eigenvalue weighted by atomic mass is 10.0. The number of nitrogens with zero attached hydrogens (tertiary/aromatic N) is 3. The molecule has 1 fully saturated rings. The highest BCUT2D eigenvalue weighted by Crippen LogP contribution is 2.36. The van der Waals surface area contributed by atoms with Gasteiger partial charge in [0.15, 0.2) is 0 Å². The van der Waals surface area contributed by atoms with Gasteiger partial charge in [-0.05, 0) is 18.4 Å². The summed E-state index contributed by atoms with van der Waals surface area (Å²) in [5, 5.41) is 0. The molecule has 128 valence electrons. The smallest absolute Gasteiger partial charge is 0.236 e. The molecule has 24 heavy (non-hydrogen) atoms. The van der Waals surface area contributed by atoms with Gasteiger partial charge in [0.1, 0.15) is 0 Å². The number of hydrogen-bond donors (Lipinski definition) is 0. The molecule has 2 atom stereocenters. The third kappa shape index (κ3) is 2.97. The first-order chi connectivity index (χ1) is 11.7. The predicted octanol–water partition coefficient (Wildman–Crippen LogP) is 4.11. The maximum atomic E-state index is 12.9. The van der Waals surface area contributed by atoms with E-state index in [2.05, 4.69) is 44.0 Å². The minimum atomic E-state index is -0.0695. The standard InChI is InChI=1S/C20H27N3O/c1-4-6-8-13-18-17(5-2)22(3)20-21-16(14-19(24)23(18)20)15-11-9-7-10-12-15/h7,9-13,16-17H,4-6,8,14H2,1-3H3/b18-13-/t16-,17+/m1/s1. The molecule has 4 heteroatoms. The van der Waals surface area contributed by atoms with Crippen molar-refractivity contribution in [2.45, 2.75) is 58.0 Å². The molecule has 2 heterocycles. The number of fused-ring (bicyclic) bond motifs is 1. The minimum Gasteiger partial charge on any atom is -0.337 e. The fourth-order valence-corrected chi connectivity index (χ4v) is 3.64. The average Bonchev–Trinajstić information content (AvgIpc) is 2.88. The van der Waals surface area contributed by atoms with E-state index in [1.165, 1.54) is 6.42 Å². The summed E-state index contributed by atoms with van der Waals surface area (Å²) in [5.41, 5.74) is 2.24. The number of carbonyl (C=O) groups excluding carboxylic acids is 1. The van der Waals surface area contributed by atoms with Gasteiger partial charge in [-0.2, -0.15) is 0 Å². The highest BCUT2D eigenvalue weighted by Gasteiger charge is 2.43. The molecule has 0 aromatic heterocycles. The van der Waals surface area contributed by atoms with Gasteiger partial charge in [0.25, 0.3) is 0 Å². The lowest BCUT2D eigenvalue weighted by molar-refractivity contribution is -0.126. The zero-order valence-corrected chi connectivity index (χ0v) is 14.9. The zero-order chi connectivity index (χ0) is 17.1. The highest BCUT2D eigenvalue weighted by molar-refractivity contribution is 6.03. The van der Waals surface area contributed by atoms with E-state index < -0.39 is 0 Å². The SMILES string of the molecule is CCCC/C=C1/[C@H](CC)N(C)C2=N[C@@H](c3ccccc3)CC(=O)N21. The van der Waals surface area contributed by atoms with E-state index in [1.807, 2.05) is 23.1 Å². The molecule has 0 spiro atoms. The summed E-state index contributed by atoms with van der Waals surface area (Å²) in [6, 6.07) is 10.3. The van der Waals surface area contributed by atoms with Gasteiger partial charge in [0.2, 0.25) is 11.9 Å². The molecule has 0 radical (unpaired) electrons. The number of allylic oxidation sites excluding steroid dienone is 1. The van der Waals surface area contributed by atoms with Crippen LogP contribution in [-0.4, -0.2) is 34.8 Å². The fourth-order valence-electron chi connectivity index (χ4n) is 3.64. The lowest BCUT2D eigenvalue weighted by Gasteiger charge is -2.28. The maximum Gasteiger partial charge on any atom is 0.236 e. The van der Waals surface area contributed by atoms with Crippen LogP contribution in [0.5, 0.6) is 0 Å². The van der Waals surface area contributed by atoms with E-state index in [0.717, 1.165) is 36.5 Å². The van der Waals surface area contributed by atoms with Crippen molar-refractivity contribution in [1.29, 1.82) is 0 Å². The van der Waals surface area contributed by atoms with Crippen LogP contribution in [0.3, 0.4) is 0 Å². The summed E-state index contributed by atoms with van der Waals surface area (Å²) in [6.07, 6.45) is 7.02. The van der Waals surface area contributed by atoms with Crippen LogP contribution in [0, 0.1) is 0 Å². The topological polar surface area (TPSA) is 35.9 Å². The molecule has 0 saturated carbocycles. The van der Waals surface area contributed by atoms with E-state index in [0.29, 0.717) is 6.42 Å². The van der Waals surface area contributed by atoms with E-state index in [1.54, 1.807) is 0 Å². The van der Waals surface area contributed by atoms with Crippen molar-refractivity contribution in [3.8, 4) is 0 Å². The van der Waals surface area contributed by atoms with Crippen LogP contribution >= 0.6 is 0 Å². The number of likely N-dealkylation sites (N-methyl/N-ethyl adjacent to an activating group) is 1. The Morgan fingerprint density at radius 3 is 2.67 bits per heavy atom. The zero-order valence-electron chi connectivity index (χ0n) is 14.9. The molecular weight excluding hydrogens is 298 g/mol. The quantitative estimate of drug-likeness (QED) is 0.764. The van der Waals surface area contributed by atoms with E-state index in [4.69, 9.17) is 4.99 Å². The first-order valence-corrected chi connectivity index (χ1v) is 9.05. The number of amides is 1.